The average Bonchev–Trinajstić information content (AvgIpc) is 3.03. The summed E-state index contributed by atoms with van der Waals surface area (Å²) in [5.74, 6) is 0.572. The van der Waals surface area contributed by atoms with Crippen LogP contribution in [0.3, 0.4) is 0 Å². The van der Waals surface area contributed by atoms with E-state index in [1.54, 1.807) is 6.07 Å². The molecule has 1 heterocycles. The van der Waals surface area contributed by atoms with Gasteiger partial charge in [0.1, 0.15) is 12.4 Å². The molecule has 0 radical (unpaired) electrons. The van der Waals surface area contributed by atoms with Gasteiger partial charge < -0.3 is 30.2 Å². The Kier molecular flexibility index (Phi) is 8.59. The Morgan fingerprint density at radius 3 is 2.75 bits per heavy atom. The average molecular weight is 407 g/mol. The summed E-state index contributed by atoms with van der Waals surface area (Å²) in [4.78, 5) is 11.7. The van der Waals surface area contributed by atoms with E-state index in [2.05, 4.69) is 5.32 Å². The molecule has 3 rings (SSSR count). The molecule has 0 spiro atoms. The summed E-state index contributed by atoms with van der Waals surface area (Å²) in [5.41, 5.74) is 8.08. The molecular weight excluding hydrogens is 382 g/mol. The van der Waals surface area contributed by atoms with Crippen LogP contribution in [0, 0.1) is 0 Å². The lowest BCUT2D eigenvalue weighted by Gasteiger charge is -2.12. The van der Waals surface area contributed by atoms with E-state index < -0.39 is 13.2 Å². The van der Waals surface area contributed by atoms with E-state index in [0.29, 0.717) is 37.3 Å². The monoisotopic (exact) mass is 406 g/mol. The molecule has 0 fully saturated rings. The summed E-state index contributed by atoms with van der Waals surface area (Å²) < 4.78 is 16.3. The molecule has 2 aromatic rings. The predicted octanol–water partition coefficient (Wildman–Crippen LogP) is 1.52. The van der Waals surface area contributed by atoms with Gasteiger partial charge in [0.25, 0.3) is 0 Å². The number of benzene rings is 2. The normalized spacial score (nSPS) is 14.8. The minimum atomic E-state index is -1.03. The lowest BCUT2D eigenvalue weighted by Crippen LogP contribution is -2.30. The van der Waals surface area contributed by atoms with Crippen LogP contribution >= 0.6 is 12.4 Å². The fourth-order valence-corrected chi connectivity index (χ4v) is 2.93. The molecule has 2 aromatic carbocycles. The highest BCUT2D eigenvalue weighted by Crippen LogP contribution is 2.26. The molecule has 4 N–H and O–H groups in total. The quantitative estimate of drug-likeness (QED) is 0.454. The molecule has 1 aliphatic heterocycles. The highest BCUT2D eigenvalue weighted by Gasteiger charge is 2.37. The topological polar surface area (TPSA) is 103 Å². The zero-order valence-electron chi connectivity index (χ0n) is 15.4. The molecule has 150 valence electrons. The number of halogens is 1. The lowest BCUT2D eigenvalue weighted by atomic mass is 9.78. The van der Waals surface area contributed by atoms with Crippen molar-refractivity contribution >= 4 is 31.1 Å². The standard InChI is InChI=1S/C19H23BN2O5.ClH/c21-12-17-15-8-4-9-16(18(15)20(24)27-17)25-11-5-10-22-19(23)26-13-14-6-2-1-3-7-14;/h1-4,6-9,17,24H,5,10-13,21H2,(H,22,23);1H. The first-order valence-corrected chi connectivity index (χ1v) is 8.92. The third-order valence-corrected chi connectivity index (χ3v) is 4.26. The van der Waals surface area contributed by atoms with Gasteiger partial charge in [-0.25, -0.2) is 4.79 Å². The molecule has 0 aliphatic carbocycles. The lowest BCUT2D eigenvalue weighted by molar-refractivity contribution is 0.139. The van der Waals surface area contributed by atoms with Crippen molar-refractivity contribution in [3.63, 3.8) is 0 Å². The molecule has 1 unspecified atom stereocenters. The fraction of sp³-hybridized carbons (Fsp3) is 0.316. The van der Waals surface area contributed by atoms with E-state index in [1.165, 1.54) is 0 Å². The van der Waals surface area contributed by atoms with E-state index in [4.69, 9.17) is 19.9 Å². The van der Waals surface area contributed by atoms with Crippen LogP contribution < -0.4 is 21.3 Å². The van der Waals surface area contributed by atoms with Crippen molar-refractivity contribution in [2.24, 2.45) is 5.73 Å². The van der Waals surface area contributed by atoms with Crippen LogP contribution in [-0.4, -0.2) is 37.9 Å². The van der Waals surface area contributed by atoms with Gasteiger partial charge >= 0.3 is 13.2 Å². The maximum Gasteiger partial charge on any atom is 0.495 e. The fourth-order valence-electron chi connectivity index (χ4n) is 2.93. The number of nitrogens with two attached hydrogens (primary N) is 1. The number of hydrogen-bond donors (Lipinski definition) is 3. The minimum absolute atomic E-state index is 0. The van der Waals surface area contributed by atoms with E-state index in [0.717, 1.165) is 11.1 Å². The molecule has 1 aliphatic rings. The second kappa shape index (κ2) is 10.9. The van der Waals surface area contributed by atoms with E-state index in [-0.39, 0.29) is 25.1 Å². The Morgan fingerprint density at radius 2 is 2.00 bits per heavy atom. The number of hydrogen-bond acceptors (Lipinski definition) is 6. The van der Waals surface area contributed by atoms with Crippen molar-refractivity contribution in [3.8, 4) is 5.75 Å². The smallest absolute Gasteiger partial charge is 0.494 e. The number of alkyl carbamates (subject to hydrolysis) is 1. The number of amides is 1. The SMILES string of the molecule is Cl.NCC1OB(O)c2c(OCCCNC(=O)OCc3ccccc3)cccc21. The van der Waals surface area contributed by atoms with Crippen molar-refractivity contribution in [1.82, 2.24) is 5.32 Å². The number of rotatable bonds is 8. The van der Waals surface area contributed by atoms with Gasteiger partial charge in [-0.2, -0.15) is 0 Å². The van der Waals surface area contributed by atoms with Gasteiger partial charge in [-0.1, -0.05) is 42.5 Å². The molecule has 0 saturated heterocycles. The maximum atomic E-state index is 11.7. The second-order valence-electron chi connectivity index (χ2n) is 6.16. The van der Waals surface area contributed by atoms with E-state index in [9.17, 15) is 9.82 Å². The summed E-state index contributed by atoms with van der Waals surface area (Å²) in [7, 11) is -1.03. The zero-order valence-corrected chi connectivity index (χ0v) is 16.2. The number of fused-ring (bicyclic) bond motifs is 1. The van der Waals surface area contributed by atoms with Crippen LogP contribution in [-0.2, 0) is 16.0 Å². The summed E-state index contributed by atoms with van der Waals surface area (Å²) in [6, 6.07) is 15.0. The van der Waals surface area contributed by atoms with E-state index >= 15 is 0 Å². The Hall–Kier alpha value is -2.26. The third-order valence-electron chi connectivity index (χ3n) is 4.26. The van der Waals surface area contributed by atoms with Gasteiger partial charge in [0.05, 0.1) is 12.7 Å². The molecule has 7 nitrogen and oxygen atoms in total. The summed E-state index contributed by atoms with van der Waals surface area (Å²) in [5, 5.41) is 12.7. The van der Waals surface area contributed by atoms with Gasteiger partial charge in [0.2, 0.25) is 0 Å². The first-order valence-electron chi connectivity index (χ1n) is 8.92. The van der Waals surface area contributed by atoms with Gasteiger partial charge in [0, 0.05) is 18.6 Å². The Bertz CT molecular complexity index is 765. The first kappa shape index (κ1) is 22.0. The van der Waals surface area contributed by atoms with Crippen LogP contribution in [0.4, 0.5) is 4.79 Å². The number of nitrogens with one attached hydrogen (secondary N) is 1. The van der Waals surface area contributed by atoms with Crippen LogP contribution in [0.5, 0.6) is 5.75 Å². The molecule has 1 atom stereocenters. The van der Waals surface area contributed by atoms with Crippen LogP contribution in [0.25, 0.3) is 0 Å². The van der Waals surface area contributed by atoms with Crippen molar-refractivity contribution < 1.29 is 23.9 Å². The molecular formula is C19H24BClN2O5. The number of carbonyl (C=O) groups excluding carboxylic acids is 1. The molecule has 0 bridgehead atoms. The highest BCUT2D eigenvalue weighted by molar-refractivity contribution is 6.62. The van der Waals surface area contributed by atoms with Crippen molar-refractivity contribution in [3.05, 3.63) is 59.7 Å². The second-order valence-corrected chi connectivity index (χ2v) is 6.16. The van der Waals surface area contributed by atoms with Crippen LogP contribution in [0.15, 0.2) is 48.5 Å². The van der Waals surface area contributed by atoms with Crippen molar-refractivity contribution in [2.75, 3.05) is 19.7 Å². The Labute approximate surface area is 170 Å². The highest BCUT2D eigenvalue weighted by atomic mass is 35.5. The molecule has 0 saturated carbocycles. The van der Waals surface area contributed by atoms with E-state index in [1.807, 2.05) is 42.5 Å². The summed E-state index contributed by atoms with van der Waals surface area (Å²) in [6.45, 7) is 1.34. The summed E-state index contributed by atoms with van der Waals surface area (Å²) in [6.07, 6.45) is -0.185. The molecule has 1 amide bonds. The minimum Gasteiger partial charge on any atom is -0.494 e. The third kappa shape index (κ3) is 5.62. The Balaban J connectivity index is 0.00000280. The van der Waals surface area contributed by atoms with Crippen LogP contribution in [0.2, 0.25) is 0 Å². The van der Waals surface area contributed by atoms with Crippen molar-refractivity contribution in [1.29, 1.82) is 0 Å². The Morgan fingerprint density at radius 1 is 1.21 bits per heavy atom. The van der Waals surface area contributed by atoms with Gasteiger partial charge in [0.15, 0.2) is 0 Å². The zero-order chi connectivity index (χ0) is 19.1. The largest absolute Gasteiger partial charge is 0.495 e. The van der Waals surface area contributed by atoms with Gasteiger partial charge in [-0.3, -0.25) is 0 Å². The summed E-state index contributed by atoms with van der Waals surface area (Å²) >= 11 is 0. The maximum absolute atomic E-state index is 11.7. The molecule has 28 heavy (non-hydrogen) atoms. The van der Waals surface area contributed by atoms with Crippen molar-refractivity contribution in [2.45, 2.75) is 19.1 Å². The number of carbonyl (C=O) groups is 1. The van der Waals surface area contributed by atoms with Gasteiger partial charge in [-0.05, 0) is 23.6 Å². The number of ether oxygens (including phenoxy) is 2. The molecule has 0 aromatic heterocycles. The van der Waals surface area contributed by atoms with Gasteiger partial charge in [-0.15, -0.1) is 12.4 Å². The molecule has 9 heteroatoms. The van der Waals surface area contributed by atoms with Crippen LogP contribution in [0.1, 0.15) is 23.7 Å². The predicted molar refractivity (Wildman–Crippen MR) is 109 cm³/mol. The first-order chi connectivity index (χ1) is 13.2.